The molecule has 120 valence electrons. The van der Waals surface area contributed by atoms with Crippen LogP contribution in [-0.2, 0) is 7.05 Å². The second-order valence-corrected chi connectivity index (χ2v) is 7.44. The van der Waals surface area contributed by atoms with E-state index in [9.17, 15) is 0 Å². The first-order chi connectivity index (χ1) is 10.9. The van der Waals surface area contributed by atoms with E-state index in [1.807, 2.05) is 13.1 Å². The fourth-order valence-corrected chi connectivity index (χ4v) is 3.34. The predicted octanol–water partition coefficient (Wildman–Crippen LogP) is 4.33. The molecule has 0 amide bonds. The van der Waals surface area contributed by atoms with E-state index in [0.717, 1.165) is 21.5 Å². The molecule has 0 bridgehead atoms. The summed E-state index contributed by atoms with van der Waals surface area (Å²) in [6, 6.07) is 10.5. The van der Waals surface area contributed by atoms with Crippen LogP contribution >= 0.6 is 15.9 Å². The van der Waals surface area contributed by atoms with Crippen LogP contribution in [0.4, 0.5) is 5.82 Å². The van der Waals surface area contributed by atoms with Crippen molar-refractivity contribution in [1.29, 1.82) is 0 Å². The van der Waals surface area contributed by atoms with Gasteiger partial charge in [-0.05, 0) is 26.9 Å². The van der Waals surface area contributed by atoms with Gasteiger partial charge in [0.15, 0.2) is 5.65 Å². The summed E-state index contributed by atoms with van der Waals surface area (Å²) in [6.45, 7) is 6.65. The maximum Gasteiger partial charge on any atom is 0.164 e. The van der Waals surface area contributed by atoms with Gasteiger partial charge in [0.1, 0.15) is 16.7 Å². The molecular formula is C17H20BrN5. The van der Waals surface area contributed by atoms with Crippen molar-refractivity contribution in [3.05, 3.63) is 46.8 Å². The average Bonchev–Trinajstić information content (AvgIpc) is 2.80. The van der Waals surface area contributed by atoms with Gasteiger partial charge in [0, 0.05) is 7.05 Å². The summed E-state index contributed by atoms with van der Waals surface area (Å²) in [6.07, 6.45) is 1.57. The number of aromatic nitrogens is 4. The van der Waals surface area contributed by atoms with Gasteiger partial charge in [-0.15, -0.1) is 0 Å². The minimum absolute atomic E-state index is 0.0211. The first kappa shape index (κ1) is 15.9. The summed E-state index contributed by atoms with van der Waals surface area (Å²) in [5, 5.41) is 8.88. The van der Waals surface area contributed by atoms with Gasteiger partial charge >= 0.3 is 0 Å². The highest BCUT2D eigenvalue weighted by Gasteiger charge is 2.27. The van der Waals surface area contributed by atoms with Crippen molar-refractivity contribution in [2.75, 3.05) is 5.32 Å². The lowest BCUT2D eigenvalue weighted by Gasteiger charge is -2.32. The molecule has 5 nitrogen and oxygen atoms in total. The maximum absolute atomic E-state index is 4.45. The van der Waals surface area contributed by atoms with Gasteiger partial charge in [0.25, 0.3) is 0 Å². The molecule has 6 heteroatoms. The normalized spacial score (nSPS) is 13.3. The second-order valence-electron chi connectivity index (χ2n) is 6.69. The molecule has 1 unspecified atom stereocenters. The van der Waals surface area contributed by atoms with E-state index in [4.69, 9.17) is 0 Å². The minimum Gasteiger partial charge on any atom is -0.362 e. The summed E-state index contributed by atoms with van der Waals surface area (Å²) in [7, 11) is 1.88. The molecule has 0 radical (unpaired) electrons. The Hall–Kier alpha value is -1.95. The van der Waals surface area contributed by atoms with Gasteiger partial charge in [-0.2, -0.15) is 5.10 Å². The fraction of sp³-hybridized carbons (Fsp3) is 0.353. The molecule has 0 aliphatic rings. The number of hydrogen-bond donors (Lipinski definition) is 1. The molecular weight excluding hydrogens is 354 g/mol. The SMILES string of the molecule is Cn1nc(Br)c2c(NC(c3ccccc3)C(C)(C)C)ncnc21. The van der Waals surface area contributed by atoms with Crippen molar-refractivity contribution in [1.82, 2.24) is 19.7 Å². The Balaban J connectivity index is 2.08. The largest absolute Gasteiger partial charge is 0.362 e. The fourth-order valence-electron chi connectivity index (χ4n) is 2.73. The molecule has 0 aliphatic heterocycles. The third-order valence-electron chi connectivity index (χ3n) is 3.86. The van der Waals surface area contributed by atoms with Crippen LogP contribution in [0.2, 0.25) is 0 Å². The molecule has 0 fully saturated rings. The summed E-state index contributed by atoms with van der Waals surface area (Å²) < 4.78 is 2.50. The second kappa shape index (κ2) is 5.92. The molecule has 3 aromatic rings. The van der Waals surface area contributed by atoms with E-state index >= 15 is 0 Å². The highest BCUT2D eigenvalue weighted by atomic mass is 79.9. The van der Waals surface area contributed by atoms with Gasteiger partial charge in [0.2, 0.25) is 0 Å². The predicted molar refractivity (Wildman–Crippen MR) is 96.3 cm³/mol. The lowest BCUT2D eigenvalue weighted by molar-refractivity contribution is 0.347. The van der Waals surface area contributed by atoms with Crippen molar-refractivity contribution in [2.24, 2.45) is 12.5 Å². The zero-order chi connectivity index (χ0) is 16.6. The molecule has 1 aromatic carbocycles. The lowest BCUT2D eigenvalue weighted by atomic mass is 9.82. The first-order valence-corrected chi connectivity index (χ1v) is 8.32. The number of benzene rings is 1. The standard InChI is InChI=1S/C17H20BrN5/c1-17(2,3)13(11-8-6-5-7-9-11)21-15-12-14(18)22-23(4)16(12)20-10-19-15/h5-10,13H,1-4H3,(H,19,20,21). The highest BCUT2D eigenvalue weighted by Crippen LogP contribution is 2.37. The van der Waals surface area contributed by atoms with Crippen LogP contribution in [0.5, 0.6) is 0 Å². The molecule has 0 spiro atoms. The van der Waals surface area contributed by atoms with E-state index in [2.05, 4.69) is 81.4 Å². The summed E-state index contributed by atoms with van der Waals surface area (Å²) in [5.74, 6) is 0.791. The zero-order valence-corrected chi connectivity index (χ0v) is 15.3. The number of anilines is 1. The van der Waals surface area contributed by atoms with Crippen LogP contribution in [0.15, 0.2) is 41.3 Å². The topological polar surface area (TPSA) is 55.6 Å². The van der Waals surface area contributed by atoms with Gasteiger partial charge in [0.05, 0.1) is 11.4 Å². The van der Waals surface area contributed by atoms with Crippen molar-refractivity contribution < 1.29 is 0 Å². The maximum atomic E-state index is 4.45. The summed E-state index contributed by atoms with van der Waals surface area (Å²) in [5.41, 5.74) is 2.05. The summed E-state index contributed by atoms with van der Waals surface area (Å²) in [4.78, 5) is 8.78. The first-order valence-electron chi connectivity index (χ1n) is 7.52. The molecule has 2 heterocycles. The Bertz CT molecular complexity index is 820. The van der Waals surface area contributed by atoms with Gasteiger partial charge in [-0.1, -0.05) is 51.1 Å². The Kier molecular flexibility index (Phi) is 4.10. The van der Waals surface area contributed by atoms with Crippen molar-refractivity contribution in [3.63, 3.8) is 0 Å². The smallest absolute Gasteiger partial charge is 0.164 e. The van der Waals surface area contributed by atoms with Gasteiger partial charge in [-0.25, -0.2) is 14.6 Å². The van der Waals surface area contributed by atoms with E-state index in [1.165, 1.54) is 5.56 Å². The number of aryl methyl sites for hydroxylation is 1. The molecule has 1 N–H and O–H groups in total. The number of nitrogens with one attached hydrogen (secondary N) is 1. The number of halogens is 1. The van der Waals surface area contributed by atoms with Crippen molar-refractivity contribution in [3.8, 4) is 0 Å². The Morgan fingerprint density at radius 1 is 1.13 bits per heavy atom. The van der Waals surface area contributed by atoms with E-state index in [-0.39, 0.29) is 11.5 Å². The number of rotatable bonds is 3. The molecule has 0 saturated carbocycles. The van der Waals surface area contributed by atoms with Gasteiger partial charge in [-0.3, -0.25) is 0 Å². The molecule has 1 atom stereocenters. The van der Waals surface area contributed by atoms with Crippen LogP contribution in [0, 0.1) is 5.41 Å². The van der Waals surface area contributed by atoms with Crippen LogP contribution in [-0.4, -0.2) is 19.7 Å². The quantitative estimate of drug-likeness (QED) is 0.742. The Labute approximate surface area is 144 Å². The monoisotopic (exact) mass is 373 g/mol. The van der Waals surface area contributed by atoms with E-state index in [0.29, 0.717) is 0 Å². The van der Waals surface area contributed by atoms with Gasteiger partial charge < -0.3 is 5.32 Å². The zero-order valence-electron chi connectivity index (χ0n) is 13.7. The molecule has 3 rings (SSSR count). The minimum atomic E-state index is 0.0211. The van der Waals surface area contributed by atoms with Crippen LogP contribution < -0.4 is 5.32 Å². The molecule has 0 saturated heterocycles. The molecule has 23 heavy (non-hydrogen) atoms. The molecule has 0 aliphatic carbocycles. The van der Waals surface area contributed by atoms with Crippen molar-refractivity contribution >= 4 is 32.8 Å². The average molecular weight is 374 g/mol. The molecule has 2 aromatic heterocycles. The van der Waals surface area contributed by atoms with E-state index in [1.54, 1.807) is 11.0 Å². The Morgan fingerprint density at radius 2 is 1.83 bits per heavy atom. The number of nitrogens with zero attached hydrogens (tertiary/aromatic N) is 4. The summed E-state index contributed by atoms with van der Waals surface area (Å²) >= 11 is 3.51. The third kappa shape index (κ3) is 3.08. The highest BCUT2D eigenvalue weighted by molar-refractivity contribution is 9.10. The Morgan fingerprint density at radius 3 is 2.48 bits per heavy atom. The van der Waals surface area contributed by atoms with Crippen LogP contribution in [0.25, 0.3) is 11.0 Å². The van der Waals surface area contributed by atoms with Crippen LogP contribution in [0.1, 0.15) is 32.4 Å². The number of hydrogen-bond acceptors (Lipinski definition) is 4. The number of fused-ring (bicyclic) bond motifs is 1. The third-order valence-corrected chi connectivity index (χ3v) is 4.41. The van der Waals surface area contributed by atoms with Crippen molar-refractivity contribution in [2.45, 2.75) is 26.8 Å². The lowest BCUT2D eigenvalue weighted by Crippen LogP contribution is -2.26. The van der Waals surface area contributed by atoms with Crippen LogP contribution in [0.3, 0.4) is 0 Å². The van der Waals surface area contributed by atoms with E-state index < -0.39 is 0 Å².